The van der Waals surface area contributed by atoms with E-state index in [2.05, 4.69) is 34.3 Å². The monoisotopic (exact) mass is 277 g/mol. The molecule has 1 unspecified atom stereocenters. The van der Waals surface area contributed by atoms with E-state index in [-0.39, 0.29) is 6.04 Å². The van der Waals surface area contributed by atoms with Gasteiger partial charge in [-0.15, -0.1) is 0 Å². The maximum absolute atomic E-state index is 5.99. The predicted molar refractivity (Wildman–Crippen MR) is 76.7 cm³/mol. The van der Waals surface area contributed by atoms with Crippen LogP contribution in [0.1, 0.15) is 24.9 Å². The van der Waals surface area contributed by atoms with Gasteiger partial charge in [-0.1, -0.05) is 48.9 Å². The summed E-state index contributed by atoms with van der Waals surface area (Å²) in [5, 5.41) is 3.65. The van der Waals surface area contributed by atoms with Crippen molar-refractivity contribution in [1.29, 1.82) is 0 Å². The molecule has 2 rings (SSSR count). The quantitative estimate of drug-likeness (QED) is 0.847. The molecule has 0 amide bonds. The largest absolute Gasteiger partial charge is 0.490 e. The first-order valence-corrected chi connectivity index (χ1v) is 6.50. The number of aromatic nitrogens is 2. The molecule has 0 aliphatic rings. The number of ether oxygens (including phenoxy) is 1. The number of methoxy groups -OCH3 is 1. The molecule has 0 saturated heterocycles. The van der Waals surface area contributed by atoms with Crippen molar-refractivity contribution < 1.29 is 4.74 Å². The van der Waals surface area contributed by atoms with E-state index in [0.717, 1.165) is 6.42 Å². The van der Waals surface area contributed by atoms with Gasteiger partial charge in [0.1, 0.15) is 6.33 Å². The average Bonchev–Trinajstić information content (AvgIpc) is 2.46. The first kappa shape index (κ1) is 13.6. The Balaban J connectivity index is 2.27. The lowest BCUT2D eigenvalue weighted by Gasteiger charge is -2.19. The highest BCUT2D eigenvalue weighted by atomic mass is 35.5. The lowest BCUT2D eigenvalue weighted by atomic mass is 10.0. The van der Waals surface area contributed by atoms with Crippen LogP contribution in [-0.2, 0) is 0 Å². The van der Waals surface area contributed by atoms with E-state index < -0.39 is 0 Å². The molecule has 0 fully saturated rings. The normalized spacial score (nSPS) is 11.9. The molecule has 1 heterocycles. The zero-order valence-electron chi connectivity index (χ0n) is 10.9. The molecule has 0 bridgehead atoms. The lowest BCUT2D eigenvalue weighted by molar-refractivity contribution is 0.412. The summed E-state index contributed by atoms with van der Waals surface area (Å²) in [5.41, 5.74) is 1.20. The van der Waals surface area contributed by atoms with Gasteiger partial charge < -0.3 is 10.1 Å². The summed E-state index contributed by atoms with van der Waals surface area (Å²) in [6.07, 6.45) is 2.35. The van der Waals surface area contributed by atoms with E-state index in [1.165, 1.54) is 11.9 Å². The van der Waals surface area contributed by atoms with Crippen molar-refractivity contribution in [2.45, 2.75) is 19.4 Å². The van der Waals surface area contributed by atoms with Gasteiger partial charge in [0.25, 0.3) is 0 Å². The van der Waals surface area contributed by atoms with Crippen LogP contribution < -0.4 is 10.1 Å². The van der Waals surface area contributed by atoms with Gasteiger partial charge in [-0.05, 0) is 12.0 Å². The maximum atomic E-state index is 5.99. The van der Waals surface area contributed by atoms with Gasteiger partial charge in [-0.3, -0.25) is 0 Å². The van der Waals surface area contributed by atoms with Gasteiger partial charge in [-0.25, -0.2) is 9.97 Å². The Morgan fingerprint density at radius 2 is 2.00 bits per heavy atom. The first-order chi connectivity index (χ1) is 9.26. The molecule has 19 heavy (non-hydrogen) atoms. The molecule has 1 aromatic carbocycles. The zero-order chi connectivity index (χ0) is 13.7. The molecule has 1 N–H and O–H groups in total. The van der Waals surface area contributed by atoms with Gasteiger partial charge in [-0.2, -0.15) is 0 Å². The molecular weight excluding hydrogens is 262 g/mol. The summed E-state index contributed by atoms with van der Waals surface area (Å²) in [7, 11) is 1.55. The van der Waals surface area contributed by atoms with Crippen molar-refractivity contribution >= 4 is 17.4 Å². The molecule has 0 saturated carbocycles. The summed E-state index contributed by atoms with van der Waals surface area (Å²) in [4.78, 5) is 8.10. The van der Waals surface area contributed by atoms with Crippen LogP contribution in [0, 0.1) is 0 Å². The number of anilines is 1. The molecule has 2 aromatic rings. The average molecular weight is 278 g/mol. The van der Waals surface area contributed by atoms with Crippen molar-refractivity contribution in [3.8, 4) is 5.75 Å². The number of nitrogens with one attached hydrogen (secondary N) is 1. The Morgan fingerprint density at radius 3 is 2.63 bits per heavy atom. The summed E-state index contributed by atoms with van der Waals surface area (Å²) in [6.45, 7) is 2.11. The van der Waals surface area contributed by atoms with Crippen LogP contribution in [0.5, 0.6) is 5.75 Å². The minimum atomic E-state index is 0.154. The maximum Gasteiger partial charge on any atom is 0.198 e. The summed E-state index contributed by atoms with van der Waals surface area (Å²) < 4.78 is 5.24. The molecular formula is C14H16ClN3O. The lowest BCUT2D eigenvalue weighted by Crippen LogP contribution is -2.12. The molecule has 0 spiro atoms. The van der Waals surface area contributed by atoms with E-state index >= 15 is 0 Å². The molecule has 100 valence electrons. The van der Waals surface area contributed by atoms with Crippen LogP contribution in [0.4, 0.5) is 5.82 Å². The van der Waals surface area contributed by atoms with Gasteiger partial charge >= 0.3 is 0 Å². The van der Waals surface area contributed by atoms with E-state index in [1.54, 1.807) is 7.11 Å². The second-order valence-electron chi connectivity index (χ2n) is 4.06. The fraction of sp³-hybridized carbons (Fsp3) is 0.286. The van der Waals surface area contributed by atoms with Gasteiger partial charge in [0.2, 0.25) is 0 Å². The van der Waals surface area contributed by atoms with E-state index in [9.17, 15) is 0 Å². The Bertz CT molecular complexity index is 533. The Hall–Kier alpha value is -1.81. The van der Waals surface area contributed by atoms with Crippen molar-refractivity contribution in [3.63, 3.8) is 0 Å². The predicted octanol–water partition coefficient (Wildman–Crippen LogP) is 3.70. The van der Waals surface area contributed by atoms with Crippen LogP contribution in [0.25, 0.3) is 0 Å². The first-order valence-electron chi connectivity index (χ1n) is 6.12. The van der Waals surface area contributed by atoms with Crippen LogP contribution in [0.3, 0.4) is 0 Å². The second-order valence-corrected chi connectivity index (χ2v) is 4.42. The number of rotatable bonds is 5. The third-order valence-electron chi connectivity index (χ3n) is 2.89. The third kappa shape index (κ3) is 3.15. The van der Waals surface area contributed by atoms with Crippen LogP contribution >= 0.6 is 11.6 Å². The Morgan fingerprint density at radius 1 is 1.26 bits per heavy atom. The highest BCUT2D eigenvalue weighted by molar-refractivity contribution is 6.31. The summed E-state index contributed by atoms with van der Waals surface area (Å²) in [6, 6.07) is 10.3. The summed E-state index contributed by atoms with van der Waals surface area (Å²) in [5.74, 6) is 1.08. The highest BCUT2D eigenvalue weighted by Crippen LogP contribution is 2.31. The molecule has 0 aliphatic heterocycles. The number of nitrogens with zero attached hydrogens (tertiary/aromatic N) is 2. The van der Waals surface area contributed by atoms with E-state index in [1.807, 2.05) is 18.2 Å². The standard InChI is InChI=1S/C14H16ClN3O/c1-3-11(10-7-5-4-6-8-10)18-14-12(19-2)13(15)16-9-17-14/h4-9,11H,3H2,1-2H3,(H,16,17,18). The Kier molecular flexibility index (Phi) is 4.58. The third-order valence-corrected chi connectivity index (χ3v) is 3.15. The Labute approximate surface area is 117 Å². The van der Waals surface area contributed by atoms with Crippen LogP contribution in [0.15, 0.2) is 36.7 Å². The highest BCUT2D eigenvalue weighted by Gasteiger charge is 2.15. The smallest absolute Gasteiger partial charge is 0.198 e. The molecule has 0 aliphatic carbocycles. The van der Waals surface area contributed by atoms with Crippen LogP contribution in [0.2, 0.25) is 5.15 Å². The van der Waals surface area contributed by atoms with Gasteiger partial charge in [0.05, 0.1) is 13.2 Å². The van der Waals surface area contributed by atoms with Crippen molar-refractivity contribution in [3.05, 3.63) is 47.4 Å². The van der Waals surface area contributed by atoms with Crippen molar-refractivity contribution in [2.24, 2.45) is 0 Å². The van der Waals surface area contributed by atoms with Gasteiger partial charge in [0, 0.05) is 0 Å². The molecule has 1 aromatic heterocycles. The van der Waals surface area contributed by atoms with Gasteiger partial charge in [0.15, 0.2) is 16.7 Å². The fourth-order valence-electron chi connectivity index (χ4n) is 1.91. The minimum absolute atomic E-state index is 0.154. The van der Waals surface area contributed by atoms with E-state index in [0.29, 0.717) is 16.7 Å². The SMILES string of the molecule is CCC(Nc1ncnc(Cl)c1OC)c1ccccc1. The molecule has 1 atom stereocenters. The topological polar surface area (TPSA) is 47.0 Å². The number of hydrogen-bond acceptors (Lipinski definition) is 4. The summed E-state index contributed by atoms with van der Waals surface area (Å²) >= 11 is 5.99. The molecule has 4 nitrogen and oxygen atoms in total. The number of halogens is 1. The van der Waals surface area contributed by atoms with Crippen LogP contribution in [-0.4, -0.2) is 17.1 Å². The minimum Gasteiger partial charge on any atom is -0.490 e. The van der Waals surface area contributed by atoms with E-state index in [4.69, 9.17) is 16.3 Å². The van der Waals surface area contributed by atoms with Crippen molar-refractivity contribution in [2.75, 3.05) is 12.4 Å². The zero-order valence-corrected chi connectivity index (χ0v) is 11.7. The van der Waals surface area contributed by atoms with Crippen molar-refractivity contribution in [1.82, 2.24) is 9.97 Å². The molecule has 5 heteroatoms. The second kappa shape index (κ2) is 6.38. The molecule has 0 radical (unpaired) electrons. The fourth-order valence-corrected chi connectivity index (χ4v) is 2.12. The number of benzene rings is 1. The number of hydrogen-bond donors (Lipinski definition) is 1.